The molecule has 16 atom stereocenters. The number of hydrogen-bond acceptors (Lipinski definition) is 11. The minimum atomic E-state index is -1.70. The van der Waals surface area contributed by atoms with Crippen LogP contribution in [0.2, 0.25) is 0 Å². The number of esters is 1. The van der Waals surface area contributed by atoms with E-state index >= 15 is 0 Å². The van der Waals surface area contributed by atoms with Gasteiger partial charge < -0.3 is 50.3 Å². The quantitative estimate of drug-likeness (QED) is 0.202. The first kappa shape index (κ1) is 35.4. The molecule has 0 aromatic rings. The fraction of sp³-hybridized carbons (Fsp3) is 0.861. The van der Waals surface area contributed by atoms with E-state index in [4.69, 9.17) is 9.47 Å². The second kappa shape index (κ2) is 11.6. The van der Waals surface area contributed by atoms with Crippen LogP contribution in [0.15, 0.2) is 22.8 Å². The van der Waals surface area contributed by atoms with E-state index in [1.54, 1.807) is 6.92 Å². The molecular formula is C36H56O11. The minimum absolute atomic E-state index is 0.0145. The van der Waals surface area contributed by atoms with Crippen LogP contribution >= 0.6 is 0 Å². The third kappa shape index (κ3) is 4.60. The van der Waals surface area contributed by atoms with E-state index < -0.39 is 94.6 Å². The zero-order valence-electron chi connectivity index (χ0n) is 28.6. The fourth-order valence-corrected chi connectivity index (χ4v) is 11.9. The minimum Gasteiger partial charge on any atom is -0.432 e. The molecule has 1 saturated heterocycles. The number of allylic oxidation sites excluding steroid dienone is 3. The zero-order chi connectivity index (χ0) is 34.6. The molecule has 47 heavy (non-hydrogen) atoms. The van der Waals surface area contributed by atoms with Crippen LogP contribution < -0.4 is 0 Å². The number of carbonyl (C=O) groups excluding carboxylic acids is 1. The second-order valence-corrected chi connectivity index (χ2v) is 17.0. The summed E-state index contributed by atoms with van der Waals surface area (Å²) in [4.78, 5) is 14.4. The Balaban J connectivity index is 1.41. The molecule has 4 fully saturated rings. The largest absolute Gasteiger partial charge is 0.432 e. The molecule has 8 N–H and O–H groups in total. The van der Waals surface area contributed by atoms with Crippen molar-refractivity contribution in [2.45, 2.75) is 136 Å². The highest BCUT2D eigenvalue weighted by molar-refractivity contribution is 5.84. The molecule has 0 amide bonds. The van der Waals surface area contributed by atoms with Gasteiger partial charge in [0.2, 0.25) is 6.29 Å². The number of carbonyl (C=O) groups is 1. The maximum Gasteiger partial charge on any atom is 0.318 e. The lowest BCUT2D eigenvalue weighted by molar-refractivity contribution is -0.295. The van der Waals surface area contributed by atoms with Crippen LogP contribution in [0.4, 0.5) is 0 Å². The summed E-state index contributed by atoms with van der Waals surface area (Å²) in [6.07, 6.45) is -4.78. The summed E-state index contributed by atoms with van der Waals surface area (Å²) in [5, 5.41) is 85.8. The first-order valence-electron chi connectivity index (χ1n) is 17.5. The molecule has 0 unspecified atom stereocenters. The van der Waals surface area contributed by atoms with E-state index in [9.17, 15) is 45.6 Å². The second-order valence-electron chi connectivity index (χ2n) is 17.0. The number of ether oxygens (including phenoxy) is 2. The Morgan fingerprint density at radius 3 is 2.26 bits per heavy atom. The van der Waals surface area contributed by atoms with Crippen LogP contribution in [0.25, 0.3) is 0 Å². The molecule has 11 nitrogen and oxygen atoms in total. The monoisotopic (exact) mass is 664 g/mol. The summed E-state index contributed by atoms with van der Waals surface area (Å²) in [5.41, 5.74) is -0.550. The molecular weight excluding hydrogens is 608 g/mol. The number of fused-ring (bicyclic) bond motifs is 7. The molecule has 5 aliphatic carbocycles. The summed E-state index contributed by atoms with van der Waals surface area (Å²) < 4.78 is 11.5. The van der Waals surface area contributed by atoms with Gasteiger partial charge >= 0.3 is 5.97 Å². The molecule has 0 spiro atoms. The highest BCUT2D eigenvalue weighted by Gasteiger charge is 2.72. The molecule has 6 rings (SSSR count). The van der Waals surface area contributed by atoms with E-state index in [0.29, 0.717) is 38.5 Å². The average Bonchev–Trinajstić information content (AvgIpc) is 3.02. The van der Waals surface area contributed by atoms with Crippen molar-refractivity contribution in [1.82, 2.24) is 0 Å². The summed E-state index contributed by atoms with van der Waals surface area (Å²) in [6, 6.07) is 0. The van der Waals surface area contributed by atoms with Crippen LogP contribution in [0, 0.1) is 44.8 Å². The van der Waals surface area contributed by atoms with Gasteiger partial charge in [-0.1, -0.05) is 46.3 Å². The van der Waals surface area contributed by atoms with Crippen molar-refractivity contribution in [2.24, 2.45) is 44.8 Å². The Morgan fingerprint density at radius 1 is 0.936 bits per heavy atom. The summed E-state index contributed by atoms with van der Waals surface area (Å²) >= 11 is 0. The number of rotatable bonds is 4. The van der Waals surface area contributed by atoms with Crippen molar-refractivity contribution in [3.8, 4) is 0 Å². The number of aliphatic hydroxyl groups excluding tert-OH is 8. The molecule has 3 saturated carbocycles. The van der Waals surface area contributed by atoms with Crippen LogP contribution in [0.5, 0.6) is 0 Å². The molecule has 1 aliphatic heterocycles. The smallest absolute Gasteiger partial charge is 0.318 e. The van der Waals surface area contributed by atoms with Crippen molar-refractivity contribution in [3.05, 3.63) is 22.8 Å². The van der Waals surface area contributed by atoms with Gasteiger partial charge in [-0.05, 0) is 91.1 Å². The Morgan fingerprint density at radius 2 is 1.62 bits per heavy atom. The normalized spacial score (nSPS) is 54.4. The third-order valence-corrected chi connectivity index (χ3v) is 14.8. The predicted molar refractivity (Wildman–Crippen MR) is 169 cm³/mol. The highest BCUT2D eigenvalue weighted by atomic mass is 16.7. The Hall–Kier alpha value is -1.41. The molecule has 0 aromatic heterocycles. The van der Waals surface area contributed by atoms with Gasteiger partial charge in [-0.15, -0.1) is 0 Å². The van der Waals surface area contributed by atoms with Crippen LogP contribution in [-0.2, 0) is 14.3 Å². The SMILES string of the molecule is CC1=C2C3=CC[C@@H]4[C@@]5(C)C[C@@H](O)[C@H](O)[C@@](C)(CO)[C@@H]5[C@H](O)C[C@@]4(C)[C@]3(C)CC[C@@]2(C(=O)O[C@@H]2O[C@H](CO)[C@@H](O)[C@H](O)[C@H]2O)CC[C@H]1C. The first-order chi connectivity index (χ1) is 21.9. The molecule has 0 bridgehead atoms. The zero-order valence-corrected chi connectivity index (χ0v) is 28.6. The lowest BCUT2D eigenvalue weighted by atomic mass is 9.33. The van der Waals surface area contributed by atoms with Crippen molar-refractivity contribution in [1.29, 1.82) is 0 Å². The van der Waals surface area contributed by atoms with Crippen molar-refractivity contribution >= 4 is 5.97 Å². The van der Waals surface area contributed by atoms with Crippen LogP contribution in [0.3, 0.4) is 0 Å². The predicted octanol–water partition coefficient (Wildman–Crippen LogP) is 1.33. The first-order valence-corrected chi connectivity index (χ1v) is 17.5. The molecule has 0 aromatic carbocycles. The van der Waals surface area contributed by atoms with E-state index in [1.807, 2.05) is 0 Å². The lowest BCUT2D eigenvalue weighted by Crippen LogP contribution is -2.71. The molecule has 1 heterocycles. The van der Waals surface area contributed by atoms with E-state index in [-0.39, 0.29) is 18.4 Å². The lowest BCUT2D eigenvalue weighted by Gasteiger charge is -2.71. The maximum absolute atomic E-state index is 14.4. The molecule has 266 valence electrons. The highest BCUT2D eigenvalue weighted by Crippen LogP contribution is 2.75. The standard InChI is InChI=1S/C36H56O11/c1-17-9-10-36(31(45)47-30-27(43)26(42)25(41)22(15-37)46-30)12-11-34(5)19(24(36)18(17)2)7-8-23-32(3)13-21(40)29(44)33(4,16-38)28(32)20(39)14-35(23,34)6/h7,17,20-23,25-30,37-44H,8-16H2,1-6H3/t17-,20-,21-,22-,23-,25-,26+,27-,28-,29+,30+,32-,33+,34-,35-,36+/m1/s1. The topological polar surface area (TPSA) is 197 Å². The van der Waals surface area contributed by atoms with Gasteiger partial charge in [0.25, 0.3) is 0 Å². The average molecular weight is 665 g/mol. The van der Waals surface area contributed by atoms with E-state index in [1.165, 1.54) is 0 Å². The van der Waals surface area contributed by atoms with Crippen LogP contribution in [-0.4, -0.2) is 109 Å². The van der Waals surface area contributed by atoms with Crippen LogP contribution in [0.1, 0.15) is 86.5 Å². The number of aliphatic hydroxyl groups is 8. The Bertz CT molecular complexity index is 1330. The van der Waals surface area contributed by atoms with Gasteiger partial charge in [0.15, 0.2) is 0 Å². The van der Waals surface area contributed by atoms with E-state index in [0.717, 1.165) is 23.1 Å². The maximum atomic E-state index is 14.4. The summed E-state index contributed by atoms with van der Waals surface area (Å²) in [6.45, 7) is 11.6. The van der Waals surface area contributed by atoms with Crippen molar-refractivity contribution in [2.75, 3.05) is 13.2 Å². The van der Waals surface area contributed by atoms with Crippen molar-refractivity contribution in [3.63, 3.8) is 0 Å². The Labute approximate surface area is 277 Å². The fourth-order valence-electron chi connectivity index (χ4n) is 11.9. The van der Waals surface area contributed by atoms with Crippen molar-refractivity contribution < 1.29 is 55.1 Å². The van der Waals surface area contributed by atoms with Gasteiger partial charge in [0.1, 0.15) is 24.4 Å². The number of hydrogen-bond donors (Lipinski definition) is 8. The molecule has 0 radical (unpaired) electrons. The Kier molecular flexibility index (Phi) is 8.72. The summed E-state index contributed by atoms with van der Waals surface area (Å²) in [7, 11) is 0. The van der Waals surface area contributed by atoms with Gasteiger partial charge in [0.05, 0.1) is 36.9 Å². The van der Waals surface area contributed by atoms with Gasteiger partial charge in [-0.2, -0.15) is 0 Å². The van der Waals surface area contributed by atoms with Gasteiger partial charge in [-0.25, -0.2) is 0 Å². The van der Waals surface area contributed by atoms with Gasteiger partial charge in [-0.3, -0.25) is 4.79 Å². The summed E-state index contributed by atoms with van der Waals surface area (Å²) in [5.74, 6) is -0.786. The third-order valence-electron chi connectivity index (χ3n) is 14.8. The van der Waals surface area contributed by atoms with E-state index in [2.05, 4.69) is 40.7 Å². The van der Waals surface area contributed by atoms with Gasteiger partial charge in [0, 0.05) is 11.3 Å². The molecule has 11 heteroatoms. The molecule has 6 aliphatic rings.